The summed E-state index contributed by atoms with van der Waals surface area (Å²) >= 11 is 1.66. The van der Waals surface area contributed by atoms with E-state index in [4.69, 9.17) is 0 Å². The van der Waals surface area contributed by atoms with Crippen LogP contribution in [0.15, 0.2) is 41.8 Å². The van der Waals surface area contributed by atoms with Crippen LogP contribution in [-0.2, 0) is 23.3 Å². The van der Waals surface area contributed by atoms with Crippen LogP contribution < -0.4 is 5.32 Å². The smallest absolute Gasteiger partial charge is 0.237 e. The van der Waals surface area contributed by atoms with Gasteiger partial charge in [-0.25, -0.2) is 0 Å². The van der Waals surface area contributed by atoms with Crippen molar-refractivity contribution in [3.8, 4) is 0 Å². The maximum atomic E-state index is 12.3. The van der Waals surface area contributed by atoms with Gasteiger partial charge in [-0.05, 0) is 42.0 Å². The quantitative estimate of drug-likeness (QED) is 0.852. The lowest BCUT2D eigenvalue weighted by atomic mass is 9.87. The highest BCUT2D eigenvalue weighted by atomic mass is 32.1. The Morgan fingerprint density at radius 1 is 1.21 bits per heavy atom. The van der Waals surface area contributed by atoms with E-state index in [0.717, 1.165) is 6.54 Å². The zero-order valence-electron chi connectivity index (χ0n) is 15.3. The van der Waals surface area contributed by atoms with Crippen LogP contribution in [0.3, 0.4) is 0 Å². The summed E-state index contributed by atoms with van der Waals surface area (Å²) in [6.07, 6.45) is 0. The SMILES string of the molecule is C[C@@H](C(=O)NCc1cccs1)N(C)Cc1ccc(C(C)(C)C)cc1. The van der Waals surface area contributed by atoms with Gasteiger partial charge in [-0.2, -0.15) is 0 Å². The van der Waals surface area contributed by atoms with Gasteiger partial charge in [0.2, 0.25) is 5.91 Å². The van der Waals surface area contributed by atoms with Gasteiger partial charge in [0.1, 0.15) is 0 Å². The maximum absolute atomic E-state index is 12.3. The molecular weight excluding hydrogens is 316 g/mol. The first-order chi connectivity index (χ1) is 11.3. The van der Waals surface area contributed by atoms with E-state index in [0.29, 0.717) is 6.54 Å². The lowest BCUT2D eigenvalue weighted by molar-refractivity contribution is -0.125. The van der Waals surface area contributed by atoms with Crippen LogP contribution in [0.2, 0.25) is 0 Å². The number of benzene rings is 1. The first-order valence-electron chi connectivity index (χ1n) is 8.37. The van der Waals surface area contributed by atoms with Crippen LogP contribution in [0, 0.1) is 0 Å². The summed E-state index contributed by atoms with van der Waals surface area (Å²) in [5, 5.41) is 5.04. The topological polar surface area (TPSA) is 32.3 Å². The molecule has 0 spiro atoms. The Morgan fingerprint density at radius 2 is 1.88 bits per heavy atom. The third-order valence-electron chi connectivity index (χ3n) is 4.31. The number of likely N-dealkylation sites (N-methyl/N-ethyl adjacent to an activating group) is 1. The minimum absolute atomic E-state index is 0.0669. The minimum Gasteiger partial charge on any atom is -0.350 e. The zero-order chi connectivity index (χ0) is 17.7. The number of thiophene rings is 1. The molecule has 0 fully saturated rings. The van der Waals surface area contributed by atoms with Crippen molar-refractivity contribution in [2.24, 2.45) is 0 Å². The first kappa shape index (κ1) is 18.7. The van der Waals surface area contributed by atoms with Crippen molar-refractivity contribution in [1.29, 1.82) is 0 Å². The molecule has 1 heterocycles. The Morgan fingerprint density at radius 3 is 2.42 bits per heavy atom. The highest BCUT2D eigenvalue weighted by molar-refractivity contribution is 7.09. The van der Waals surface area contributed by atoms with Crippen LogP contribution in [-0.4, -0.2) is 23.9 Å². The van der Waals surface area contributed by atoms with Gasteiger partial charge in [-0.1, -0.05) is 51.1 Å². The van der Waals surface area contributed by atoms with E-state index in [2.05, 4.69) is 55.3 Å². The minimum atomic E-state index is -0.160. The third kappa shape index (κ3) is 5.18. The van der Waals surface area contributed by atoms with E-state index in [1.54, 1.807) is 11.3 Å². The predicted octanol–water partition coefficient (Wildman–Crippen LogP) is 4.18. The molecule has 0 aliphatic heterocycles. The van der Waals surface area contributed by atoms with Gasteiger partial charge in [0.05, 0.1) is 12.6 Å². The van der Waals surface area contributed by atoms with Gasteiger partial charge < -0.3 is 5.32 Å². The molecule has 2 aromatic rings. The number of nitrogens with one attached hydrogen (secondary N) is 1. The monoisotopic (exact) mass is 344 g/mol. The van der Waals surface area contributed by atoms with Gasteiger partial charge >= 0.3 is 0 Å². The summed E-state index contributed by atoms with van der Waals surface area (Å²) in [6.45, 7) is 9.97. The molecule has 1 amide bonds. The molecule has 0 bridgehead atoms. The number of carbonyl (C=O) groups is 1. The van der Waals surface area contributed by atoms with E-state index in [-0.39, 0.29) is 17.4 Å². The lowest BCUT2D eigenvalue weighted by Gasteiger charge is -2.24. The zero-order valence-corrected chi connectivity index (χ0v) is 16.1. The molecule has 3 nitrogen and oxygen atoms in total. The normalized spacial score (nSPS) is 13.1. The van der Waals surface area contributed by atoms with Crippen molar-refractivity contribution in [3.63, 3.8) is 0 Å². The molecular formula is C20H28N2OS. The summed E-state index contributed by atoms with van der Waals surface area (Å²) in [4.78, 5) is 15.6. The molecule has 1 atom stereocenters. The van der Waals surface area contributed by atoms with Crippen molar-refractivity contribution >= 4 is 17.2 Å². The molecule has 0 unspecified atom stereocenters. The predicted molar refractivity (Wildman–Crippen MR) is 102 cm³/mol. The van der Waals surface area contributed by atoms with Gasteiger partial charge in [0.25, 0.3) is 0 Å². The van der Waals surface area contributed by atoms with Crippen LogP contribution >= 0.6 is 11.3 Å². The Hall–Kier alpha value is -1.65. The summed E-state index contributed by atoms with van der Waals surface area (Å²) < 4.78 is 0. The van der Waals surface area contributed by atoms with Crippen molar-refractivity contribution in [2.45, 2.75) is 52.2 Å². The standard InChI is InChI=1S/C20H28N2OS/c1-15(19(23)21-13-18-7-6-12-24-18)22(5)14-16-8-10-17(11-9-16)20(2,3)4/h6-12,15H,13-14H2,1-5H3,(H,21,23)/t15-/m0/s1. The molecule has 0 saturated heterocycles. The van der Waals surface area contributed by atoms with Crippen molar-refractivity contribution < 1.29 is 4.79 Å². The van der Waals surface area contributed by atoms with Gasteiger partial charge in [-0.3, -0.25) is 9.69 Å². The Kier molecular flexibility index (Phi) is 6.19. The van der Waals surface area contributed by atoms with Crippen molar-refractivity contribution in [3.05, 3.63) is 57.8 Å². The van der Waals surface area contributed by atoms with E-state index in [1.807, 2.05) is 31.5 Å². The average molecular weight is 345 g/mol. The largest absolute Gasteiger partial charge is 0.350 e. The second-order valence-electron chi connectivity index (χ2n) is 7.34. The maximum Gasteiger partial charge on any atom is 0.237 e. The summed E-state index contributed by atoms with van der Waals surface area (Å²) in [6, 6.07) is 12.6. The molecule has 1 aromatic heterocycles. The molecule has 1 N–H and O–H groups in total. The molecule has 4 heteroatoms. The van der Waals surface area contributed by atoms with Crippen LogP contribution in [0.4, 0.5) is 0 Å². The molecule has 0 saturated carbocycles. The molecule has 2 rings (SSSR count). The fraction of sp³-hybridized carbons (Fsp3) is 0.450. The molecule has 1 aromatic carbocycles. The average Bonchev–Trinajstić information content (AvgIpc) is 3.05. The molecule has 0 radical (unpaired) electrons. The second-order valence-corrected chi connectivity index (χ2v) is 8.37. The molecule has 0 aliphatic carbocycles. The number of amides is 1. The van der Waals surface area contributed by atoms with Crippen molar-refractivity contribution in [1.82, 2.24) is 10.2 Å². The van der Waals surface area contributed by atoms with Crippen LogP contribution in [0.1, 0.15) is 43.7 Å². The third-order valence-corrected chi connectivity index (χ3v) is 5.19. The number of hydrogen-bond acceptors (Lipinski definition) is 3. The molecule has 130 valence electrons. The lowest BCUT2D eigenvalue weighted by Crippen LogP contribution is -2.42. The van der Waals surface area contributed by atoms with Crippen molar-refractivity contribution in [2.75, 3.05) is 7.05 Å². The highest BCUT2D eigenvalue weighted by Crippen LogP contribution is 2.22. The van der Waals surface area contributed by atoms with Crippen LogP contribution in [0.5, 0.6) is 0 Å². The molecule has 24 heavy (non-hydrogen) atoms. The van der Waals surface area contributed by atoms with Gasteiger partial charge in [0.15, 0.2) is 0 Å². The summed E-state index contributed by atoms with van der Waals surface area (Å²) in [5.41, 5.74) is 2.72. The molecule has 0 aliphatic rings. The van der Waals surface area contributed by atoms with E-state index >= 15 is 0 Å². The number of nitrogens with zero attached hydrogens (tertiary/aromatic N) is 1. The van der Waals surface area contributed by atoms with E-state index in [1.165, 1.54) is 16.0 Å². The Labute approximate surface area is 149 Å². The second kappa shape index (κ2) is 7.95. The fourth-order valence-electron chi connectivity index (χ4n) is 2.47. The van der Waals surface area contributed by atoms with Gasteiger partial charge in [-0.15, -0.1) is 11.3 Å². The Bertz CT molecular complexity index is 641. The summed E-state index contributed by atoms with van der Waals surface area (Å²) in [7, 11) is 1.99. The van der Waals surface area contributed by atoms with Gasteiger partial charge in [0, 0.05) is 11.4 Å². The number of rotatable bonds is 6. The van der Waals surface area contributed by atoms with E-state index in [9.17, 15) is 4.79 Å². The number of hydrogen-bond donors (Lipinski definition) is 1. The Balaban J connectivity index is 1.88. The number of carbonyl (C=O) groups excluding carboxylic acids is 1. The summed E-state index contributed by atoms with van der Waals surface area (Å²) in [5.74, 6) is 0.0669. The van der Waals surface area contributed by atoms with Crippen LogP contribution in [0.25, 0.3) is 0 Å². The van der Waals surface area contributed by atoms with E-state index < -0.39 is 0 Å². The highest BCUT2D eigenvalue weighted by Gasteiger charge is 2.18. The fourth-order valence-corrected chi connectivity index (χ4v) is 3.11. The first-order valence-corrected chi connectivity index (χ1v) is 9.25.